The van der Waals surface area contributed by atoms with Gasteiger partial charge in [-0.15, -0.1) is 0 Å². The van der Waals surface area contributed by atoms with Crippen molar-refractivity contribution in [2.24, 2.45) is 0 Å². The molecule has 1 fully saturated rings. The standard InChI is InChI=1S/C20H17BrN2O2/c1-23-14-8-4-6-12(21)17(14)20-10-9-15(24)18(25)16(20)11-5-2-3-7-13(11)22-19(20)23/h2-8,16,19,22H,9-10H2,1H3/t16-,19+,20-/m0/s1. The van der Waals surface area contributed by atoms with Crippen molar-refractivity contribution >= 4 is 38.9 Å². The summed E-state index contributed by atoms with van der Waals surface area (Å²) in [5, 5.41) is 3.65. The minimum Gasteiger partial charge on any atom is -0.364 e. The van der Waals surface area contributed by atoms with Gasteiger partial charge in [0.15, 0.2) is 5.78 Å². The maximum Gasteiger partial charge on any atom is 0.206 e. The highest BCUT2D eigenvalue weighted by Crippen LogP contribution is 2.61. The lowest BCUT2D eigenvalue weighted by Gasteiger charge is -2.50. The Balaban J connectivity index is 1.86. The summed E-state index contributed by atoms with van der Waals surface area (Å²) in [6.45, 7) is 0. The highest BCUT2D eigenvalue weighted by atomic mass is 79.9. The average molecular weight is 397 g/mol. The smallest absolute Gasteiger partial charge is 0.206 e. The Morgan fingerprint density at radius 2 is 1.96 bits per heavy atom. The molecule has 1 aliphatic carbocycles. The van der Waals surface area contributed by atoms with Crippen LogP contribution in [-0.2, 0) is 15.0 Å². The molecule has 1 saturated carbocycles. The Labute approximate surface area is 154 Å². The van der Waals surface area contributed by atoms with E-state index in [1.807, 2.05) is 36.4 Å². The van der Waals surface area contributed by atoms with E-state index in [1.165, 1.54) is 0 Å². The number of carbonyl (C=O) groups is 2. The fourth-order valence-corrected chi connectivity index (χ4v) is 5.83. The molecule has 2 aliphatic heterocycles. The largest absolute Gasteiger partial charge is 0.364 e. The summed E-state index contributed by atoms with van der Waals surface area (Å²) in [5.74, 6) is -0.921. The molecule has 0 bridgehead atoms. The third-order valence-corrected chi connectivity index (χ3v) is 6.76. The van der Waals surface area contributed by atoms with Crippen LogP contribution in [0.15, 0.2) is 46.9 Å². The number of benzene rings is 2. The number of para-hydroxylation sites is 1. The van der Waals surface area contributed by atoms with Crippen molar-refractivity contribution in [3.8, 4) is 0 Å². The van der Waals surface area contributed by atoms with Gasteiger partial charge in [0.05, 0.1) is 11.3 Å². The van der Waals surface area contributed by atoms with Gasteiger partial charge in [-0.2, -0.15) is 0 Å². The summed E-state index contributed by atoms with van der Waals surface area (Å²) < 4.78 is 1.01. The predicted molar refractivity (Wildman–Crippen MR) is 100 cm³/mol. The molecular weight excluding hydrogens is 380 g/mol. The molecule has 4 nitrogen and oxygen atoms in total. The first-order valence-corrected chi connectivity index (χ1v) is 9.29. The number of nitrogens with one attached hydrogen (secondary N) is 1. The van der Waals surface area contributed by atoms with E-state index in [4.69, 9.17) is 0 Å². The molecule has 0 unspecified atom stereocenters. The topological polar surface area (TPSA) is 49.4 Å². The Morgan fingerprint density at radius 1 is 1.16 bits per heavy atom. The molecule has 25 heavy (non-hydrogen) atoms. The van der Waals surface area contributed by atoms with Crippen LogP contribution in [0.2, 0.25) is 0 Å². The third kappa shape index (κ3) is 1.72. The maximum atomic E-state index is 13.1. The van der Waals surface area contributed by atoms with E-state index in [1.54, 1.807) is 0 Å². The highest BCUT2D eigenvalue weighted by molar-refractivity contribution is 9.10. The maximum absolute atomic E-state index is 13.1. The van der Waals surface area contributed by atoms with Gasteiger partial charge >= 0.3 is 0 Å². The van der Waals surface area contributed by atoms with Crippen molar-refractivity contribution in [3.05, 3.63) is 58.1 Å². The van der Waals surface area contributed by atoms with Gasteiger partial charge in [0, 0.05) is 34.9 Å². The molecule has 3 aliphatic rings. The van der Waals surface area contributed by atoms with Gasteiger partial charge in [0.25, 0.3) is 0 Å². The van der Waals surface area contributed by atoms with Crippen molar-refractivity contribution in [2.75, 3.05) is 17.3 Å². The summed E-state index contributed by atoms with van der Waals surface area (Å²) in [5.41, 5.74) is 3.73. The predicted octanol–water partition coefficient (Wildman–Crippen LogP) is 3.60. The van der Waals surface area contributed by atoms with Gasteiger partial charge < -0.3 is 10.2 Å². The van der Waals surface area contributed by atoms with Crippen LogP contribution in [0.3, 0.4) is 0 Å². The number of Topliss-reactive ketones (excluding diaryl/α,β-unsaturated/α-hetero) is 2. The number of nitrogens with zero attached hydrogens (tertiary/aromatic N) is 1. The van der Waals surface area contributed by atoms with Crippen LogP contribution in [0.25, 0.3) is 0 Å². The van der Waals surface area contributed by atoms with Crippen LogP contribution in [0, 0.1) is 0 Å². The van der Waals surface area contributed by atoms with E-state index < -0.39 is 11.3 Å². The second kappa shape index (κ2) is 4.94. The SMILES string of the molecule is CN1c2cccc(Br)c2[C@]23CCC(=O)C(=O)[C@@H]2c2ccccc2N[C@H]13. The van der Waals surface area contributed by atoms with Crippen molar-refractivity contribution in [1.29, 1.82) is 0 Å². The van der Waals surface area contributed by atoms with Gasteiger partial charge in [-0.05, 0) is 30.2 Å². The number of hydrogen-bond donors (Lipinski definition) is 1. The molecule has 126 valence electrons. The Kier molecular flexibility index (Phi) is 2.99. The molecule has 0 saturated heterocycles. The van der Waals surface area contributed by atoms with Crippen molar-refractivity contribution in [3.63, 3.8) is 0 Å². The average Bonchev–Trinajstić information content (AvgIpc) is 2.86. The molecule has 0 aromatic heterocycles. The van der Waals surface area contributed by atoms with Gasteiger partial charge in [-0.1, -0.05) is 40.2 Å². The summed E-state index contributed by atoms with van der Waals surface area (Å²) >= 11 is 3.72. The molecule has 3 atom stereocenters. The van der Waals surface area contributed by atoms with E-state index in [0.717, 1.165) is 27.0 Å². The van der Waals surface area contributed by atoms with Crippen LogP contribution >= 0.6 is 15.9 Å². The number of carbonyl (C=O) groups excluding carboxylic acids is 2. The Morgan fingerprint density at radius 3 is 2.80 bits per heavy atom. The number of likely N-dealkylation sites (N-methyl/N-ethyl adjacent to an activating group) is 1. The molecule has 1 N–H and O–H groups in total. The first-order chi connectivity index (χ1) is 12.1. The number of rotatable bonds is 0. The van der Waals surface area contributed by atoms with E-state index in [0.29, 0.717) is 12.8 Å². The van der Waals surface area contributed by atoms with Crippen molar-refractivity contribution in [1.82, 2.24) is 0 Å². The molecule has 0 amide bonds. The number of hydrogen-bond acceptors (Lipinski definition) is 4. The van der Waals surface area contributed by atoms with Crippen LogP contribution in [0.1, 0.15) is 29.9 Å². The van der Waals surface area contributed by atoms with Crippen molar-refractivity contribution in [2.45, 2.75) is 30.3 Å². The normalized spacial score (nSPS) is 29.4. The molecular formula is C20H17BrN2O2. The Bertz CT molecular complexity index is 941. The first kappa shape index (κ1) is 15.1. The van der Waals surface area contributed by atoms with Crippen molar-refractivity contribution < 1.29 is 9.59 Å². The lowest BCUT2D eigenvalue weighted by Crippen LogP contribution is -2.59. The molecule has 2 aromatic rings. The van der Waals surface area contributed by atoms with E-state index in [2.05, 4.69) is 39.3 Å². The fourth-order valence-electron chi connectivity index (χ4n) is 5.11. The number of halogens is 1. The minimum absolute atomic E-state index is 0.0434. The lowest BCUT2D eigenvalue weighted by atomic mass is 9.57. The van der Waals surface area contributed by atoms with E-state index in [9.17, 15) is 9.59 Å². The molecule has 2 aromatic carbocycles. The van der Waals surface area contributed by atoms with Gasteiger partial charge in [0.2, 0.25) is 5.78 Å². The van der Waals surface area contributed by atoms with Gasteiger partial charge in [-0.3, -0.25) is 9.59 Å². The summed E-state index contributed by atoms with van der Waals surface area (Å²) in [4.78, 5) is 27.6. The zero-order valence-corrected chi connectivity index (χ0v) is 15.3. The summed E-state index contributed by atoms with van der Waals surface area (Å²) in [6.07, 6.45) is 0.941. The summed E-state index contributed by atoms with van der Waals surface area (Å²) in [6, 6.07) is 14.0. The van der Waals surface area contributed by atoms with E-state index >= 15 is 0 Å². The third-order valence-electron chi connectivity index (χ3n) is 6.09. The Hall–Kier alpha value is -2.14. The highest BCUT2D eigenvalue weighted by Gasteiger charge is 2.63. The van der Waals surface area contributed by atoms with Gasteiger partial charge in [0.1, 0.15) is 6.17 Å². The minimum atomic E-state index is -0.432. The van der Waals surface area contributed by atoms with Crippen LogP contribution in [-0.4, -0.2) is 24.8 Å². The lowest BCUT2D eigenvalue weighted by molar-refractivity contribution is -0.141. The zero-order chi connectivity index (χ0) is 17.3. The molecule has 0 radical (unpaired) electrons. The summed E-state index contributed by atoms with van der Waals surface area (Å²) in [7, 11) is 2.06. The number of ketones is 2. The van der Waals surface area contributed by atoms with Crippen LogP contribution in [0.4, 0.5) is 11.4 Å². The molecule has 5 heteroatoms. The first-order valence-electron chi connectivity index (χ1n) is 8.50. The fraction of sp³-hybridized carbons (Fsp3) is 0.300. The van der Waals surface area contributed by atoms with E-state index in [-0.39, 0.29) is 17.7 Å². The second-order valence-corrected chi connectivity index (χ2v) is 7.99. The van der Waals surface area contributed by atoms with Crippen LogP contribution < -0.4 is 10.2 Å². The molecule has 2 heterocycles. The quantitative estimate of drug-likeness (QED) is 0.691. The zero-order valence-electron chi connectivity index (χ0n) is 13.8. The second-order valence-electron chi connectivity index (χ2n) is 7.14. The number of anilines is 2. The van der Waals surface area contributed by atoms with Crippen LogP contribution in [0.5, 0.6) is 0 Å². The van der Waals surface area contributed by atoms with Gasteiger partial charge in [-0.25, -0.2) is 0 Å². The monoisotopic (exact) mass is 396 g/mol. The number of fused-ring (bicyclic) bond motifs is 3. The molecule has 5 rings (SSSR count). The molecule has 1 spiro atoms.